The van der Waals surface area contributed by atoms with Crippen LogP contribution in [-0.4, -0.2) is 43.9 Å². The number of carboxylic acid groups (broad SMARTS) is 1. The van der Waals surface area contributed by atoms with Crippen LogP contribution >= 0.6 is 0 Å². The van der Waals surface area contributed by atoms with Crippen molar-refractivity contribution in [2.24, 2.45) is 5.14 Å². The van der Waals surface area contributed by atoms with Crippen LogP contribution in [0.2, 0.25) is 0 Å². The van der Waals surface area contributed by atoms with Crippen LogP contribution in [-0.2, 0) is 21.2 Å². The number of nitrogens with zero attached hydrogens (tertiary/aromatic N) is 1. The summed E-state index contributed by atoms with van der Waals surface area (Å²) in [5.74, 6) is -1.53. The van der Waals surface area contributed by atoms with E-state index in [1.165, 1.54) is 0 Å². The van der Waals surface area contributed by atoms with Gasteiger partial charge in [-0.25, -0.2) is 23.1 Å². The Balaban J connectivity index is 2.15. The zero-order valence-electron chi connectivity index (χ0n) is 11.0. The highest BCUT2D eigenvalue weighted by Gasteiger charge is 2.38. The van der Waals surface area contributed by atoms with Crippen LogP contribution < -0.4 is 15.4 Å². The van der Waals surface area contributed by atoms with Gasteiger partial charge in [-0.1, -0.05) is 18.2 Å². The molecule has 9 heteroatoms. The van der Waals surface area contributed by atoms with Crippen LogP contribution in [0.15, 0.2) is 24.3 Å². The fraction of sp³-hybridized carbons (Fsp3) is 0.333. The minimum absolute atomic E-state index is 0.178. The Morgan fingerprint density at radius 3 is 2.67 bits per heavy atom. The second kappa shape index (κ2) is 5.70. The lowest BCUT2D eigenvalue weighted by atomic mass is 10.1. The number of carbonyl (C=O) groups is 2. The maximum absolute atomic E-state index is 12.1. The molecule has 0 aliphatic carbocycles. The van der Waals surface area contributed by atoms with Crippen molar-refractivity contribution in [1.29, 1.82) is 0 Å². The standard InChI is InChI=1S/C12H15N3O5S/c13-21(19,20)6-5-14-12(18)15-9-4-2-1-3-8(9)7-10(15)11(16)17/h1-4,10H,5-7H2,(H,14,18)(H,16,17)(H2,13,19,20). The molecule has 1 atom stereocenters. The number of anilines is 1. The Hall–Kier alpha value is -2.13. The molecule has 21 heavy (non-hydrogen) atoms. The minimum atomic E-state index is -3.68. The number of amides is 2. The van der Waals surface area contributed by atoms with Gasteiger partial charge in [0.25, 0.3) is 0 Å². The van der Waals surface area contributed by atoms with E-state index in [2.05, 4.69) is 5.32 Å². The predicted octanol–water partition coefficient (Wildman–Crippen LogP) is -0.500. The van der Waals surface area contributed by atoms with E-state index in [4.69, 9.17) is 5.14 Å². The van der Waals surface area contributed by atoms with Gasteiger partial charge in [0.2, 0.25) is 10.0 Å². The van der Waals surface area contributed by atoms with Gasteiger partial charge in [0.15, 0.2) is 0 Å². The Bertz CT molecular complexity index is 673. The quantitative estimate of drug-likeness (QED) is 0.690. The molecule has 0 saturated carbocycles. The first-order valence-corrected chi connectivity index (χ1v) is 7.89. The van der Waals surface area contributed by atoms with Gasteiger partial charge >= 0.3 is 12.0 Å². The first kappa shape index (κ1) is 15.3. The summed E-state index contributed by atoms with van der Waals surface area (Å²) in [6.45, 7) is -0.178. The summed E-state index contributed by atoms with van der Waals surface area (Å²) in [7, 11) is -3.68. The van der Waals surface area contributed by atoms with Crippen molar-refractivity contribution in [3.05, 3.63) is 29.8 Å². The normalized spacial score (nSPS) is 17.4. The molecule has 1 aromatic carbocycles. The van der Waals surface area contributed by atoms with Gasteiger partial charge < -0.3 is 10.4 Å². The molecule has 1 aromatic rings. The summed E-state index contributed by atoms with van der Waals surface area (Å²) in [4.78, 5) is 24.5. The highest BCUT2D eigenvalue weighted by atomic mass is 32.2. The van der Waals surface area contributed by atoms with Crippen LogP contribution in [0.5, 0.6) is 0 Å². The van der Waals surface area contributed by atoms with E-state index in [1.54, 1.807) is 24.3 Å². The number of fused-ring (bicyclic) bond motifs is 1. The summed E-state index contributed by atoms with van der Waals surface area (Å²) in [6, 6.07) is 5.21. The second-order valence-corrected chi connectivity index (χ2v) is 6.39. The van der Waals surface area contributed by atoms with Crippen molar-refractivity contribution in [3.63, 3.8) is 0 Å². The van der Waals surface area contributed by atoms with Gasteiger partial charge in [-0.3, -0.25) is 4.90 Å². The lowest BCUT2D eigenvalue weighted by Crippen LogP contribution is -2.49. The van der Waals surface area contributed by atoms with Crippen LogP contribution in [0.3, 0.4) is 0 Å². The molecule has 0 bridgehead atoms. The van der Waals surface area contributed by atoms with E-state index in [0.717, 1.165) is 10.5 Å². The zero-order valence-corrected chi connectivity index (χ0v) is 11.8. The molecule has 2 amide bonds. The largest absolute Gasteiger partial charge is 0.480 e. The van der Waals surface area contributed by atoms with E-state index < -0.39 is 33.8 Å². The Morgan fingerprint density at radius 2 is 2.05 bits per heavy atom. The number of nitrogens with two attached hydrogens (primary N) is 1. The number of primary sulfonamides is 1. The third-order valence-electron chi connectivity index (χ3n) is 3.14. The highest BCUT2D eigenvalue weighted by molar-refractivity contribution is 7.89. The third kappa shape index (κ3) is 3.50. The molecule has 114 valence electrons. The minimum Gasteiger partial charge on any atom is -0.480 e. The van der Waals surface area contributed by atoms with Gasteiger partial charge in [0.05, 0.1) is 5.75 Å². The molecule has 1 unspecified atom stereocenters. The first-order valence-electron chi connectivity index (χ1n) is 6.18. The molecule has 0 aromatic heterocycles. The van der Waals surface area contributed by atoms with Crippen molar-refractivity contribution in [1.82, 2.24) is 5.32 Å². The van der Waals surface area contributed by atoms with Crippen LogP contribution in [0.4, 0.5) is 10.5 Å². The number of carboxylic acids is 1. The van der Waals surface area contributed by atoms with Gasteiger partial charge in [-0.15, -0.1) is 0 Å². The van der Waals surface area contributed by atoms with Crippen LogP contribution in [0.25, 0.3) is 0 Å². The molecule has 0 fully saturated rings. The maximum atomic E-state index is 12.1. The van der Waals surface area contributed by atoms with E-state index in [9.17, 15) is 23.1 Å². The third-order valence-corrected chi connectivity index (χ3v) is 3.92. The van der Waals surface area contributed by atoms with Gasteiger partial charge in [-0.2, -0.15) is 0 Å². The summed E-state index contributed by atoms with van der Waals surface area (Å²) < 4.78 is 21.6. The highest BCUT2D eigenvalue weighted by Crippen LogP contribution is 2.32. The van der Waals surface area contributed by atoms with E-state index in [1.807, 2.05) is 0 Å². The van der Waals surface area contributed by atoms with Gasteiger partial charge in [-0.05, 0) is 11.6 Å². The number of urea groups is 1. The summed E-state index contributed by atoms with van der Waals surface area (Å²) in [5, 5.41) is 16.4. The molecule has 0 radical (unpaired) electrons. The average molecular weight is 313 g/mol. The summed E-state index contributed by atoms with van der Waals surface area (Å²) in [5.41, 5.74) is 1.27. The number of rotatable bonds is 4. The van der Waals surface area contributed by atoms with Crippen LogP contribution in [0, 0.1) is 0 Å². The molecule has 1 heterocycles. The number of hydrogen-bond donors (Lipinski definition) is 3. The maximum Gasteiger partial charge on any atom is 0.327 e. The molecule has 1 aliphatic rings. The monoisotopic (exact) mass is 313 g/mol. The number of benzene rings is 1. The van der Waals surface area contributed by atoms with Crippen molar-refractivity contribution in [3.8, 4) is 0 Å². The summed E-state index contributed by atoms with van der Waals surface area (Å²) >= 11 is 0. The SMILES string of the molecule is NS(=O)(=O)CCNC(=O)N1c2ccccc2CC1C(=O)O. The average Bonchev–Trinajstić information content (AvgIpc) is 2.76. The molecule has 2 rings (SSSR count). The zero-order chi connectivity index (χ0) is 15.6. The van der Waals surface area contributed by atoms with Crippen molar-refractivity contribution >= 4 is 27.7 Å². The Morgan fingerprint density at radius 1 is 1.38 bits per heavy atom. The van der Waals surface area contributed by atoms with E-state index in [0.29, 0.717) is 5.69 Å². The number of sulfonamides is 1. The molecule has 1 aliphatic heterocycles. The fourth-order valence-electron chi connectivity index (χ4n) is 2.22. The number of carbonyl (C=O) groups excluding carboxylic acids is 1. The molecular weight excluding hydrogens is 298 g/mol. The molecule has 8 nitrogen and oxygen atoms in total. The molecule has 4 N–H and O–H groups in total. The van der Waals surface area contributed by atoms with Crippen molar-refractivity contribution in [2.45, 2.75) is 12.5 Å². The number of aliphatic carboxylic acids is 1. The number of nitrogens with one attached hydrogen (secondary N) is 1. The van der Waals surface area contributed by atoms with Crippen LogP contribution in [0.1, 0.15) is 5.56 Å². The predicted molar refractivity (Wildman–Crippen MR) is 75.4 cm³/mol. The van der Waals surface area contributed by atoms with Gasteiger partial charge in [0.1, 0.15) is 6.04 Å². The lowest BCUT2D eigenvalue weighted by Gasteiger charge is -2.22. The Kier molecular flexibility index (Phi) is 4.14. The molecule has 0 saturated heterocycles. The smallest absolute Gasteiger partial charge is 0.327 e. The fourth-order valence-corrected chi connectivity index (χ4v) is 2.61. The Labute approximate surface area is 121 Å². The van der Waals surface area contributed by atoms with Crippen molar-refractivity contribution < 1.29 is 23.1 Å². The van der Waals surface area contributed by atoms with E-state index in [-0.39, 0.29) is 13.0 Å². The molecular formula is C12H15N3O5S. The van der Waals surface area contributed by atoms with E-state index >= 15 is 0 Å². The topological polar surface area (TPSA) is 130 Å². The van der Waals surface area contributed by atoms with Crippen molar-refractivity contribution in [2.75, 3.05) is 17.2 Å². The second-order valence-electron chi connectivity index (χ2n) is 4.66. The first-order chi connectivity index (χ1) is 9.79. The molecule has 0 spiro atoms. The summed E-state index contributed by atoms with van der Waals surface area (Å²) in [6.07, 6.45) is 0.216. The van der Waals surface area contributed by atoms with Gasteiger partial charge in [0, 0.05) is 18.7 Å². The lowest BCUT2D eigenvalue weighted by molar-refractivity contribution is -0.138. The number of para-hydroxylation sites is 1. The number of hydrogen-bond acceptors (Lipinski definition) is 4.